The van der Waals surface area contributed by atoms with Crippen molar-refractivity contribution < 1.29 is 4.79 Å². The lowest BCUT2D eigenvalue weighted by Gasteiger charge is -2.16. The van der Waals surface area contributed by atoms with Crippen molar-refractivity contribution >= 4 is 17.5 Å². The second-order valence-electron chi connectivity index (χ2n) is 4.11. The van der Waals surface area contributed by atoms with Crippen molar-refractivity contribution in [3.8, 4) is 0 Å². The largest absolute Gasteiger partial charge is 0.370 e. The van der Waals surface area contributed by atoms with Gasteiger partial charge in [-0.3, -0.25) is 4.79 Å². The number of amides is 1. The van der Waals surface area contributed by atoms with E-state index in [1.165, 1.54) is 0 Å². The molecule has 1 rings (SSSR count). The van der Waals surface area contributed by atoms with E-state index in [2.05, 4.69) is 20.6 Å². The van der Waals surface area contributed by atoms with E-state index in [4.69, 9.17) is 5.73 Å². The Morgan fingerprint density at radius 1 is 1.33 bits per heavy atom. The highest BCUT2D eigenvalue weighted by Gasteiger charge is 2.14. The molecule has 100 valence electrons. The fourth-order valence-electron chi connectivity index (χ4n) is 1.48. The predicted molar refractivity (Wildman–Crippen MR) is 72.6 cm³/mol. The lowest BCUT2D eigenvalue weighted by Crippen LogP contribution is -2.33. The van der Waals surface area contributed by atoms with E-state index in [9.17, 15) is 4.79 Å². The van der Waals surface area contributed by atoms with Gasteiger partial charge in [0.25, 0.3) is 0 Å². The smallest absolute Gasteiger partial charge is 0.239 e. The molecule has 1 atom stereocenters. The third-order valence-electron chi connectivity index (χ3n) is 2.63. The molecule has 6 heteroatoms. The van der Waals surface area contributed by atoms with Crippen LogP contribution in [0.2, 0.25) is 0 Å². The summed E-state index contributed by atoms with van der Waals surface area (Å²) in [5.41, 5.74) is 6.13. The molecule has 0 saturated carbocycles. The van der Waals surface area contributed by atoms with E-state index in [0.717, 1.165) is 30.2 Å². The summed E-state index contributed by atoms with van der Waals surface area (Å²) in [7, 11) is 0. The Bertz CT molecular complexity index is 433. The van der Waals surface area contributed by atoms with Gasteiger partial charge >= 0.3 is 0 Å². The standard InChI is InChI=1S/C12H21N5O/c1-5-9-16-11(14-6-2)7(3)12(17-9)15-8(4)10(13)18/h8H,5-6H2,1-4H3,(H2,13,18)(H2,14,15,16,17). The fourth-order valence-corrected chi connectivity index (χ4v) is 1.48. The number of carbonyl (C=O) groups excluding carboxylic acids is 1. The van der Waals surface area contributed by atoms with Gasteiger partial charge in [0.1, 0.15) is 23.5 Å². The molecule has 1 aromatic rings. The monoisotopic (exact) mass is 251 g/mol. The molecule has 6 nitrogen and oxygen atoms in total. The van der Waals surface area contributed by atoms with Gasteiger partial charge in [0, 0.05) is 18.5 Å². The van der Waals surface area contributed by atoms with Crippen molar-refractivity contribution in [2.75, 3.05) is 17.2 Å². The van der Waals surface area contributed by atoms with Crippen molar-refractivity contribution in [2.45, 2.75) is 40.2 Å². The molecule has 0 aromatic carbocycles. The number of rotatable bonds is 6. The molecule has 0 saturated heterocycles. The highest BCUT2D eigenvalue weighted by Crippen LogP contribution is 2.20. The fraction of sp³-hybridized carbons (Fsp3) is 0.583. The number of nitrogens with zero attached hydrogens (tertiary/aromatic N) is 2. The molecular formula is C12H21N5O. The SMILES string of the molecule is CCNc1nc(CC)nc(NC(C)C(N)=O)c1C. The summed E-state index contributed by atoms with van der Waals surface area (Å²) in [6.45, 7) is 8.40. The Kier molecular flexibility index (Phi) is 4.88. The summed E-state index contributed by atoms with van der Waals surface area (Å²) < 4.78 is 0. The third kappa shape index (κ3) is 3.32. The van der Waals surface area contributed by atoms with E-state index in [-0.39, 0.29) is 0 Å². The second kappa shape index (κ2) is 6.18. The van der Waals surface area contributed by atoms with E-state index < -0.39 is 11.9 Å². The molecule has 0 bridgehead atoms. The van der Waals surface area contributed by atoms with Gasteiger partial charge in [-0.1, -0.05) is 6.92 Å². The lowest BCUT2D eigenvalue weighted by molar-refractivity contribution is -0.118. The van der Waals surface area contributed by atoms with Crippen LogP contribution in [0.3, 0.4) is 0 Å². The molecular weight excluding hydrogens is 230 g/mol. The van der Waals surface area contributed by atoms with Gasteiger partial charge in [0.05, 0.1) is 0 Å². The highest BCUT2D eigenvalue weighted by molar-refractivity contribution is 5.82. The van der Waals surface area contributed by atoms with Crippen molar-refractivity contribution in [3.05, 3.63) is 11.4 Å². The zero-order valence-corrected chi connectivity index (χ0v) is 11.4. The van der Waals surface area contributed by atoms with Gasteiger partial charge < -0.3 is 16.4 Å². The zero-order chi connectivity index (χ0) is 13.7. The number of carbonyl (C=O) groups is 1. The summed E-state index contributed by atoms with van der Waals surface area (Å²) in [5, 5.41) is 6.20. The Labute approximate surface area is 107 Å². The quantitative estimate of drug-likeness (QED) is 0.703. The summed E-state index contributed by atoms with van der Waals surface area (Å²) in [6.07, 6.45) is 0.734. The maximum absolute atomic E-state index is 11.1. The number of hydrogen-bond donors (Lipinski definition) is 3. The minimum Gasteiger partial charge on any atom is -0.370 e. The van der Waals surface area contributed by atoms with Gasteiger partial charge in [-0.25, -0.2) is 9.97 Å². The van der Waals surface area contributed by atoms with Crippen LogP contribution in [0.1, 0.15) is 32.2 Å². The molecule has 0 spiro atoms. The number of aromatic nitrogens is 2. The molecule has 1 aromatic heterocycles. The molecule has 0 aliphatic carbocycles. The molecule has 18 heavy (non-hydrogen) atoms. The number of nitrogens with two attached hydrogens (primary N) is 1. The maximum Gasteiger partial charge on any atom is 0.239 e. The van der Waals surface area contributed by atoms with Crippen molar-refractivity contribution in [2.24, 2.45) is 5.73 Å². The minimum absolute atomic E-state index is 0.406. The highest BCUT2D eigenvalue weighted by atomic mass is 16.1. The van der Waals surface area contributed by atoms with Crippen LogP contribution in [0.25, 0.3) is 0 Å². The van der Waals surface area contributed by atoms with Crippen LogP contribution in [0.15, 0.2) is 0 Å². The summed E-state index contributed by atoms with van der Waals surface area (Å²) in [6, 6.07) is -0.460. The topological polar surface area (TPSA) is 92.9 Å². The summed E-state index contributed by atoms with van der Waals surface area (Å²) >= 11 is 0. The Balaban J connectivity index is 3.08. The van der Waals surface area contributed by atoms with Gasteiger partial charge in [-0.2, -0.15) is 0 Å². The number of nitrogens with one attached hydrogen (secondary N) is 2. The first-order valence-electron chi connectivity index (χ1n) is 6.16. The van der Waals surface area contributed by atoms with Crippen molar-refractivity contribution in [1.82, 2.24) is 9.97 Å². The summed E-state index contributed by atoms with van der Waals surface area (Å²) in [5.74, 6) is 1.78. The van der Waals surface area contributed by atoms with Gasteiger partial charge in [0.2, 0.25) is 5.91 Å². The van der Waals surface area contributed by atoms with Crippen LogP contribution >= 0.6 is 0 Å². The van der Waals surface area contributed by atoms with E-state index in [0.29, 0.717) is 5.82 Å². The van der Waals surface area contributed by atoms with Crippen LogP contribution in [-0.2, 0) is 11.2 Å². The minimum atomic E-state index is -0.460. The molecule has 0 aliphatic rings. The van der Waals surface area contributed by atoms with Gasteiger partial charge in [0.15, 0.2) is 0 Å². The maximum atomic E-state index is 11.1. The molecule has 0 aliphatic heterocycles. The number of anilines is 2. The molecule has 4 N–H and O–H groups in total. The second-order valence-corrected chi connectivity index (χ2v) is 4.11. The van der Waals surface area contributed by atoms with E-state index >= 15 is 0 Å². The number of primary amides is 1. The van der Waals surface area contributed by atoms with Crippen LogP contribution in [-0.4, -0.2) is 28.5 Å². The van der Waals surface area contributed by atoms with Gasteiger partial charge in [-0.05, 0) is 20.8 Å². The van der Waals surface area contributed by atoms with Crippen LogP contribution in [0.5, 0.6) is 0 Å². The van der Waals surface area contributed by atoms with E-state index in [1.807, 2.05) is 20.8 Å². The molecule has 0 radical (unpaired) electrons. The van der Waals surface area contributed by atoms with Gasteiger partial charge in [-0.15, -0.1) is 0 Å². The average molecular weight is 251 g/mol. The van der Waals surface area contributed by atoms with Crippen molar-refractivity contribution in [1.29, 1.82) is 0 Å². The van der Waals surface area contributed by atoms with Crippen LogP contribution in [0.4, 0.5) is 11.6 Å². The number of hydrogen-bond acceptors (Lipinski definition) is 5. The third-order valence-corrected chi connectivity index (χ3v) is 2.63. The van der Waals surface area contributed by atoms with Crippen molar-refractivity contribution in [3.63, 3.8) is 0 Å². The molecule has 1 amide bonds. The first-order valence-corrected chi connectivity index (χ1v) is 6.16. The predicted octanol–water partition coefficient (Wildman–Crippen LogP) is 1.06. The molecule has 1 unspecified atom stereocenters. The Hall–Kier alpha value is -1.85. The summed E-state index contributed by atoms with van der Waals surface area (Å²) in [4.78, 5) is 19.9. The van der Waals surface area contributed by atoms with Crippen LogP contribution in [0, 0.1) is 6.92 Å². The zero-order valence-electron chi connectivity index (χ0n) is 11.4. The van der Waals surface area contributed by atoms with E-state index in [1.54, 1.807) is 6.92 Å². The lowest BCUT2D eigenvalue weighted by atomic mass is 10.2. The molecule has 0 fully saturated rings. The molecule has 1 heterocycles. The average Bonchev–Trinajstić information content (AvgIpc) is 2.33. The Morgan fingerprint density at radius 3 is 2.44 bits per heavy atom. The van der Waals surface area contributed by atoms with Crippen LogP contribution < -0.4 is 16.4 Å². The number of aryl methyl sites for hydroxylation is 1. The first-order chi connectivity index (χ1) is 8.49. The Morgan fingerprint density at radius 2 is 1.94 bits per heavy atom. The first kappa shape index (κ1) is 14.2. The normalized spacial score (nSPS) is 12.0.